The average Bonchev–Trinajstić information content (AvgIpc) is 2.41. The zero-order chi connectivity index (χ0) is 14.0. The number of nitrogens with zero attached hydrogens (tertiary/aromatic N) is 2. The monoisotopic (exact) mass is 331 g/mol. The molecule has 0 spiro atoms. The van der Waals surface area contributed by atoms with Crippen molar-refractivity contribution < 1.29 is 9.31 Å². The molecule has 0 bridgehead atoms. The number of hydrogen-bond acceptors (Lipinski definition) is 4. The minimum Gasteiger partial charge on any atom is -0.366 e. The normalized spacial score (nSPS) is 16.7. The number of nitrogens with two attached hydrogens (primary N) is 1. The van der Waals surface area contributed by atoms with Gasteiger partial charge >= 0.3 is 0 Å². The fraction of sp³-hybridized carbons (Fsp3) is 0.500. The van der Waals surface area contributed by atoms with Crippen LogP contribution in [0.5, 0.6) is 0 Å². The molecule has 1 fully saturated rings. The first-order valence-corrected chi connectivity index (χ1v) is 6.90. The van der Waals surface area contributed by atoms with E-state index in [0.717, 1.165) is 18.9 Å². The Balaban J connectivity index is 2.29. The molecule has 1 aliphatic rings. The van der Waals surface area contributed by atoms with E-state index in [0.29, 0.717) is 31.2 Å². The summed E-state index contributed by atoms with van der Waals surface area (Å²) in [7, 11) is 0. The van der Waals surface area contributed by atoms with Crippen molar-refractivity contribution in [3.8, 4) is 0 Å². The molecule has 7 heteroatoms. The predicted octanol–water partition coefficient (Wildman–Crippen LogP) is 2.67. The van der Waals surface area contributed by atoms with Gasteiger partial charge in [-0.25, -0.2) is 4.39 Å². The van der Waals surface area contributed by atoms with Crippen LogP contribution in [0.15, 0.2) is 16.6 Å². The van der Waals surface area contributed by atoms with Crippen LogP contribution in [0.2, 0.25) is 0 Å². The Hall–Kier alpha value is -1.21. The average molecular weight is 332 g/mol. The third kappa shape index (κ3) is 3.03. The third-order valence-electron chi connectivity index (χ3n) is 3.50. The summed E-state index contributed by atoms with van der Waals surface area (Å²) in [5.41, 5.74) is 5.90. The number of hydrogen-bond donors (Lipinski definition) is 1. The maximum atomic E-state index is 13.4. The van der Waals surface area contributed by atoms with Crippen molar-refractivity contribution in [2.75, 3.05) is 24.5 Å². The quantitative estimate of drug-likeness (QED) is 0.682. The van der Waals surface area contributed by atoms with Gasteiger partial charge in [0.2, 0.25) is 0 Å². The van der Waals surface area contributed by atoms with Gasteiger partial charge in [-0.15, -0.1) is 0 Å². The summed E-state index contributed by atoms with van der Waals surface area (Å²) in [6.07, 6.45) is 1.81. The number of halogens is 2. The molecular weight excluding hydrogens is 317 g/mol. The van der Waals surface area contributed by atoms with Crippen LogP contribution in [0.4, 0.5) is 15.8 Å². The third-order valence-corrected chi connectivity index (χ3v) is 4.11. The van der Waals surface area contributed by atoms with Gasteiger partial charge in [0.15, 0.2) is 0 Å². The number of anilines is 1. The van der Waals surface area contributed by atoms with Gasteiger partial charge in [0.25, 0.3) is 5.69 Å². The Labute approximate surface area is 118 Å². The molecule has 0 unspecified atom stereocenters. The van der Waals surface area contributed by atoms with E-state index in [4.69, 9.17) is 5.73 Å². The van der Waals surface area contributed by atoms with E-state index in [9.17, 15) is 14.5 Å². The van der Waals surface area contributed by atoms with Crippen molar-refractivity contribution in [3.63, 3.8) is 0 Å². The summed E-state index contributed by atoms with van der Waals surface area (Å²) in [5.74, 6) is -0.147. The van der Waals surface area contributed by atoms with Crippen LogP contribution in [0, 0.1) is 21.8 Å². The second-order valence-corrected chi connectivity index (χ2v) is 5.53. The summed E-state index contributed by atoms with van der Waals surface area (Å²) in [6.45, 7) is 2.06. The Morgan fingerprint density at radius 1 is 1.47 bits per heavy atom. The Morgan fingerprint density at radius 2 is 2.11 bits per heavy atom. The molecule has 0 aliphatic carbocycles. The van der Waals surface area contributed by atoms with Gasteiger partial charge in [0, 0.05) is 13.1 Å². The summed E-state index contributed by atoms with van der Waals surface area (Å²) in [5, 5.41) is 11.0. The van der Waals surface area contributed by atoms with Crippen LogP contribution in [0.3, 0.4) is 0 Å². The van der Waals surface area contributed by atoms with Crippen molar-refractivity contribution in [2.45, 2.75) is 12.8 Å². The number of piperidine rings is 1. The van der Waals surface area contributed by atoms with Crippen molar-refractivity contribution in [1.29, 1.82) is 0 Å². The first-order chi connectivity index (χ1) is 9.02. The lowest BCUT2D eigenvalue weighted by Gasteiger charge is -2.32. The molecule has 0 amide bonds. The molecule has 19 heavy (non-hydrogen) atoms. The van der Waals surface area contributed by atoms with Crippen molar-refractivity contribution in [3.05, 3.63) is 32.5 Å². The summed E-state index contributed by atoms with van der Waals surface area (Å²) >= 11 is 3.08. The topological polar surface area (TPSA) is 72.4 Å². The van der Waals surface area contributed by atoms with Gasteiger partial charge in [0.1, 0.15) is 11.5 Å². The van der Waals surface area contributed by atoms with Gasteiger partial charge < -0.3 is 10.6 Å². The van der Waals surface area contributed by atoms with Gasteiger partial charge in [0.05, 0.1) is 15.5 Å². The van der Waals surface area contributed by atoms with Crippen LogP contribution in [0.25, 0.3) is 0 Å². The minimum absolute atomic E-state index is 0.188. The van der Waals surface area contributed by atoms with E-state index in [1.54, 1.807) is 0 Å². The van der Waals surface area contributed by atoms with E-state index in [1.165, 1.54) is 6.07 Å². The highest BCUT2D eigenvalue weighted by Gasteiger charge is 2.25. The lowest BCUT2D eigenvalue weighted by atomic mass is 9.96. The molecule has 0 atom stereocenters. The highest BCUT2D eigenvalue weighted by molar-refractivity contribution is 9.10. The Kier molecular flexibility index (Phi) is 4.36. The van der Waals surface area contributed by atoms with Gasteiger partial charge in [-0.3, -0.25) is 10.1 Å². The van der Waals surface area contributed by atoms with E-state index in [-0.39, 0.29) is 10.2 Å². The van der Waals surface area contributed by atoms with Crippen LogP contribution in [-0.2, 0) is 0 Å². The van der Waals surface area contributed by atoms with Crippen molar-refractivity contribution >= 4 is 27.3 Å². The van der Waals surface area contributed by atoms with E-state index in [2.05, 4.69) is 15.9 Å². The van der Waals surface area contributed by atoms with E-state index < -0.39 is 10.7 Å². The Morgan fingerprint density at radius 3 is 2.63 bits per heavy atom. The molecule has 1 heterocycles. The lowest BCUT2D eigenvalue weighted by Crippen LogP contribution is -2.36. The highest BCUT2D eigenvalue weighted by Crippen LogP contribution is 2.35. The zero-order valence-electron chi connectivity index (χ0n) is 10.3. The summed E-state index contributed by atoms with van der Waals surface area (Å²) in [6, 6.07) is 2.45. The molecule has 2 rings (SSSR count). The Bertz CT molecular complexity index is 490. The zero-order valence-corrected chi connectivity index (χ0v) is 11.9. The maximum absolute atomic E-state index is 13.4. The first-order valence-electron chi connectivity index (χ1n) is 6.11. The van der Waals surface area contributed by atoms with Gasteiger partial charge in [-0.05, 0) is 47.3 Å². The molecule has 0 aromatic heterocycles. The number of nitro groups is 1. The first kappa shape index (κ1) is 14.2. The molecule has 1 aromatic rings. The molecule has 2 N–H and O–H groups in total. The highest BCUT2D eigenvalue weighted by atomic mass is 79.9. The number of nitro benzene ring substituents is 1. The van der Waals surface area contributed by atoms with Crippen LogP contribution >= 0.6 is 15.9 Å². The van der Waals surface area contributed by atoms with Gasteiger partial charge in [-0.1, -0.05) is 0 Å². The van der Waals surface area contributed by atoms with Gasteiger partial charge in [-0.2, -0.15) is 0 Å². The fourth-order valence-corrected chi connectivity index (χ4v) is 2.67. The standard InChI is InChI=1S/C12H15BrFN3O2/c13-9-5-11(12(17(18)19)6-10(9)14)16-3-1-8(7-15)2-4-16/h5-6,8H,1-4,7,15H2. The summed E-state index contributed by atoms with van der Waals surface area (Å²) < 4.78 is 13.7. The lowest BCUT2D eigenvalue weighted by molar-refractivity contribution is -0.384. The fourth-order valence-electron chi connectivity index (χ4n) is 2.33. The molecule has 1 saturated heterocycles. The van der Waals surface area contributed by atoms with Crippen LogP contribution in [0.1, 0.15) is 12.8 Å². The maximum Gasteiger partial charge on any atom is 0.295 e. The molecule has 0 saturated carbocycles. The molecule has 1 aromatic carbocycles. The predicted molar refractivity (Wildman–Crippen MR) is 74.7 cm³/mol. The van der Waals surface area contributed by atoms with Crippen molar-refractivity contribution in [1.82, 2.24) is 0 Å². The van der Waals surface area contributed by atoms with E-state index in [1.807, 2.05) is 4.90 Å². The summed E-state index contributed by atoms with van der Waals surface area (Å²) in [4.78, 5) is 12.4. The second kappa shape index (κ2) is 5.83. The molecule has 104 valence electrons. The SMILES string of the molecule is NCC1CCN(c2cc(Br)c(F)cc2[N+](=O)[O-])CC1. The largest absolute Gasteiger partial charge is 0.366 e. The molecular formula is C12H15BrFN3O2. The minimum atomic E-state index is -0.618. The van der Waals surface area contributed by atoms with Crippen LogP contribution in [-0.4, -0.2) is 24.6 Å². The molecule has 0 radical (unpaired) electrons. The van der Waals surface area contributed by atoms with Crippen molar-refractivity contribution in [2.24, 2.45) is 11.7 Å². The number of rotatable bonds is 3. The molecule has 5 nitrogen and oxygen atoms in total. The van der Waals surface area contributed by atoms with Crippen LogP contribution < -0.4 is 10.6 Å². The smallest absolute Gasteiger partial charge is 0.295 e. The molecule has 1 aliphatic heterocycles. The van der Waals surface area contributed by atoms with E-state index >= 15 is 0 Å². The second-order valence-electron chi connectivity index (χ2n) is 4.68. The number of benzene rings is 1.